The van der Waals surface area contributed by atoms with Crippen LogP contribution in [0.3, 0.4) is 0 Å². The zero-order valence-corrected chi connectivity index (χ0v) is 9.70. The van der Waals surface area contributed by atoms with Crippen molar-refractivity contribution in [3.8, 4) is 0 Å². The molecule has 0 aromatic heterocycles. The Bertz CT molecular complexity index is 59.1. The van der Waals surface area contributed by atoms with Crippen LogP contribution in [-0.2, 0) is 4.57 Å². The van der Waals surface area contributed by atoms with Crippen LogP contribution < -0.4 is 68.9 Å². The molecule has 0 aromatic carbocycles. The first-order chi connectivity index (χ1) is 2.00. The Kier molecular flexibility index (Phi) is 15.2. The van der Waals surface area contributed by atoms with Crippen molar-refractivity contribution >= 4 is 18.2 Å². The van der Waals surface area contributed by atoms with Crippen molar-refractivity contribution in [1.29, 1.82) is 0 Å². The van der Waals surface area contributed by atoms with Crippen molar-refractivity contribution in [3.05, 3.63) is 0 Å². The molecule has 0 bridgehead atoms. The van der Waals surface area contributed by atoms with Gasteiger partial charge in [-0.3, -0.25) is 0 Å². The summed E-state index contributed by atoms with van der Waals surface area (Å²) in [4.78, 5) is 17.7. The molecule has 0 aliphatic carbocycles. The van der Waals surface area contributed by atoms with Crippen LogP contribution >= 0.6 is 18.2 Å². The van der Waals surface area contributed by atoms with Gasteiger partial charge in [-0.15, -0.1) is 0 Å². The molecule has 0 fully saturated rings. The molecule has 0 N–H and O–H groups in total. The van der Waals surface area contributed by atoms with Gasteiger partial charge in [-0.2, -0.15) is 0 Å². The number of hydrogen-bond acceptors (Lipinski definition) is 3. The third-order valence-electron chi connectivity index (χ3n) is 0. The van der Waals surface area contributed by atoms with Gasteiger partial charge in [0.15, 0.2) is 0 Å². The Balaban J connectivity index is -0.0000000800. The molecule has 32 valence electrons. The maximum absolute atomic E-state index is 8.87. The Labute approximate surface area is 90.3 Å². The summed E-state index contributed by atoms with van der Waals surface area (Å²) in [7, 11) is 0. The SMILES string of the molecule is O=P([O-])([O-])Cl.[Na+].[Na+]. The van der Waals surface area contributed by atoms with Crippen LogP contribution in [0.4, 0.5) is 0 Å². The van der Waals surface area contributed by atoms with Crippen LogP contribution in [0.25, 0.3) is 0 Å². The maximum atomic E-state index is 8.87. The van der Waals surface area contributed by atoms with E-state index < -0.39 is 6.95 Å². The van der Waals surface area contributed by atoms with Gasteiger partial charge in [-0.05, 0) is 0 Å². The number of rotatable bonds is 0. The summed E-state index contributed by atoms with van der Waals surface area (Å²) in [6, 6.07) is 0. The normalized spacial score (nSPS) is 8.43. The zero-order chi connectivity index (χ0) is 4.50. The Morgan fingerprint density at radius 1 is 1.29 bits per heavy atom. The minimum absolute atomic E-state index is 0. The molecule has 7 heteroatoms. The summed E-state index contributed by atoms with van der Waals surface area (Å²) in [5.41, 5.74) is 0. The molecule has 7 heavy (non-hydrogen) atoms. The molecule has 0 aliphatic rings. The second-order valence-corrected chi connectivity index (χ2v) is 2.53. The van der Waals surface area contributed by atoms with E-state index in [4.69, 9.17) is 14.4 Å². The second kappa shape index (κ2) is 6.56. The molecule has 0 rings (SSSR count). The molecule has 0 aliphatic heterocycles. The molecule has 0 radical (unpaired) electrons. The molecule has 3 nitrogen and oxygen atoms in total. The molecule has 0 atom stereocenters. The fourth-order valence-corrected chi connectivity index (χ4v) is 0. The van der Waals surface area contributed by atoms with E-state index in [0.29, 0.717) is 0 Å². The third-order valence-corrected chi connectivity index (χ3v) is 0. The summed E-state index contributed by atoms with van der Waals surface area (Å²) < 4.78 is 8.87. The van der Waals surface area contributed by atoms with E-state index in [9.17, 15) is 0 Å². The van der Waals surface area contributed by atoms with Gasteiger partial charge in [0.1, 0.15) is 0 Å². The summed E-state index contributed by atoms with van der Waals surface area (Å²) in [6.45, 7) is -4.67. The maximum Gasteiger partial charge on any atom is 1.00 e. The van der Waals surface area contributed by atoms with Crippen molar-refractivity contribution in [2.75, 3.05) is 0 Å². The molecule has 0 saturated carbocycles. The van der Waals surface area contributed by atoms with Gasteiger partial charge in [-0.25, -0.2) is 0 Å². The molecule has 0 aromatic rings. The van der Waals surface area contributed by atoms with Crippen molar-refractivity contribution in [3.63, 3.8) is 0 Å². The fraction of sp³-hybridized carbons (Fsp3) is 0. The van der Waals surface area contributed by atoms with E-state index in [2.05, 4.69) is 11.2 Å². The first-order valence-corrected chi connectivity index (χ1v) is 3.16. The van der Waals surface area contributed by atoms with E-state index in [1.807, 2.05) is 0 Å². The number of halogens is 1. The van der Waals surface area contributed by atoms with Gasteiger partial charge in [0.05, 0.1) is 0 Å². The van der Waals surface area contributed by atoms with Crippen LogP contribution in [0.2, 0.25) is 0 Å². The zero-order valence-electron chi connectivity index (χ0n) is 4.05. The summed E-state index contributed by atoms with van der Waals surface area (Å²) in [6.07, 6.45) is 0. The van der Waals surface area contributed by atoms with Crippen molar-refractivity contribution < 1.29 is 73.5 Å². The van der Waals surface area contributed by atoms with Crippen molar-refractivity contribution in [2.24, 2.45) is 0 Å². The van der Waals surface area contributed by atoms with E-state index in [1.165, 1.54) is 0 Å². The molecular weight excluding hydrogens is 160 g/mol. The van der Waals surface area contributed by atoms with Gasteiger partial charge >= 0.3 is 59.1 Å². The van der Waals surface area contributed by atoms with Gasteiger partial charge in [-0.1, -0.05) is 11.2 Å². The topological polar surface area (TPSA) is 63.2 Å². The van der Waals surface area contributed by atoms with Crippen molar-refractivity contribution in [1.82, 2.24) is 0 Å². The minimum Gasteiger partial charge on any atom is -0.799 e. The predicted molar refractivity (Wildman–Crippen MR) is 13.5 cm³/mol. The molecule has 0 amide bonds. The summed E-state index contributed by atoms with van der Waals surface area (Å²) in [5.74, 6) is 0. The summed E-state index contributed by atoms with van der Waals surface area (Å²) >= 11 is 3.97. The summed E-state index contributed by atoms with van der Waals surface area (Å²) in [5, 5.41) is 0. The van der Waals surface area contributed by atoms with E-state index >= 15 is 0 Å². The molecular formula is ClNa2O3P. The molecule has 0 saturated heterocycles. The third kappa shape index (κ3) is 58.8. The van der Waals surface area contributed by atoms with Gasteiger partial charge in [0.2, 0.25) is 0 Å². The van der Waals surface area contributed by atoms with Crippen LogP contribution in [0.5, 0.6) is 0 Å². The van der Waals surface area contributed by atoms with Crippen LogP contribution in [0, 0.1) is 0 Å². The van der Waals surface area contributed by atoms with E-state index in [0.717, 1.165) is 0 Å². The monoisotopic (exact) mass is 160 g/mol. The van der Waals surface area contributed by atoms with Gasteiger partial charge in [0, 0.05) is 6.95 Å². The van der Waals surface area contributed by atoms with Crippen LogP contribution in [0.1, 0.15) is 0 Å². The van der Waals surface area contributed by atoms with E-state index in [-0.39, 0.29) is 59.1 Å². The fourth-order valence-electron chi connectivity index (χ4n) is 0. The van der Waals surface area contributed by atoms with Crippen LogP contribution in [-0.4, -0.2) is 0 Å². The van der Waals surface area contributed by atoms with Gasteiger partial charge < -0.3 is 14.4 Å². The Hall–Kier alpha value is 2.44. The van der Waals surface area contributed by atoms with E-state index in [1.54, 1.807) is 0 Å². The largest absolute Gasteiger partial charge is 1.00 e. The minimum atomic E-state index is -4.67. The second-order valence-electron chi connectivity index (χ2n) is 0.431. The number of hydrogen-bond donors (Lipinski definition) is 0. The first kappa shape index (κ1) is 16.2. The quantitative estimate of drug-likeness (QED) is 0.261. The van der Waals surface area contributed by atoms with Crippen LogP contribution in [0.15, 0.2) is 0 Å². The predicted octanol–water partition coefficient (Wildman–Crippen LogP) is -6.94. The molecule has 0 unspecified atom stereocenters. The molecule has 0 spiro atoms. The van der Waals surface area contributed by atoms with Crippen molar-refractivity contribution in [2.45, 2.75) is 0 Å². The average Bonchev–Trinajstić information content (AvgIpc) is 0.722. The Morgan fingerprint density at radius 3 is 1.29 bits per heavy atom. The average molecular weight is 160 g/mol. The van der Waals surface area contributed by atoms with Gasteiger partial charge in [0.25, 0.3) is 0 Å². The standard InChI is InChI=1S/ClH2O3P.2Na/c1-5(2,3)4;;/h(H2,2,3,4);;/q;2*+1/p-2. The molecule has 0 heterocycles. The first-order valence-electron chi connectivity index (χ1n) is 0.717. The smallest absolute Gasteiger partial charge is 0.799 e. The Morgan fingerprint density at radius 2 is 1.29 bits per heavy atom.